The first-order valence-electron chi connectivity index (χ1n) is 5.69. The van der Waals surface area contributed by atoms with Gasteiger partial charge in [-0.1, -0.05) is 0 Å². The fourth-order valence-corrected chi connectivity index (χ4v) is 1.51. The van der Waals surface area contributed by atoms with Gasteiger partial charge in [0.15, 0.2) is 0 Å². The summed E-state index contributed by atoms with van der Waals surface area (Å²) in [5.41, 5.74) is 3.22. The average molecular weight is 228 g/mol. The van der Waals surface area contributed by atoms with Crippen LogP contribution in [-0.4, -0.2) is 21.5 Å². The van der Waals surface area contributed by atoms with E-state index in [9.17, 15) is 0 Å². The normalized spacial score (nSPS) is 10.2. The Labute approximate surface area is 101 Å². The molecule has 0 spiro atoms. The van der Waals surface area contributed by atoms with Crippen LogP contribution in [0, 0.1) is 13.8 Å². The predicted molar refractivity (Wildman–Crippen MR) is 67.9 cm³/mol. The molecule has 4 nitrogen and oxygen atoms in total. The quantitative estimate of drug-likeness (QED) is 0.871. The molecule has 1 N–H and O–H groups in total. The second kappa shape index (κ2) is 5.39. The monoisotopic (exact) mass is 228 g/mol. The van der Waals surface area contributed by atoms with Crippen molar-refractivity contribution >= 4 is 5.82 Å². The third kappa shape index (κ3) is 3.24. The number of pyridine rings is 1. The molecule has 2 aromatic heterocycles. The second-order valence-electron chi connectivity index (χ2n) is 3.96. The molecule has 0 saturated carbocycles. The van der Waals surface area contributed by atoms with E-state index in [0.29, 0.717) is 0 Å². The van der Waals surface area contributed by atoms with Gasteiger partial charge in [0.05, 0.1) is 17.6 Å². The van der Waals surface area contributed by atoms with Crippen LogP contribution in [0.3, 0.4) is 0 Å². The van der Waals surface area contributed by atoms with Gasteiger partial charge in [0.1, 0.15) is 5.82 Å². The van der Waals surface area contributed by atoms with Crippen molar-refractivity contribution in [2.75, 3.05) is 11.9 Å². The first-order chi connectivity index (χ1) is 8.25. The summed E-state index contributed by atoms with van der Waals surface area (Å²) in [6.45, 7) is 4.78. The molecule has 0 aliphatic carbocycles. The molecule has 2 rings (SSSR count). The van der Waals surface area contributed by atoms with E-state index in [0.717, 1.165) is 30.2 Å². The van der Waals surface area contributed by atoms with E-state index in [1.165, 1.54) is 5.56 Å². The van der Waals surface area contributed by atoms with Crippen LogP contribution < -0.4 is 5.32 Å². The van der Waals surface area contributed by atoms with Gasteiger partial charge in [-0.15, -0.1) is 0 Å². The Bertz CT molecular complexity index is 482. The first-order valence-corrected chi connectivity index (χ1v) is 5.69. The topological polar surface area (TPSA) is 50.7 Å². The van der Waals surface area contributed by atoms with Crippen LogP contribution in [0.25, 0.3) is 0 Å². The van der Waals surface area contributed by atoms with E-state index in [1.807, 2.05) is 38.4 Å². The summed E-state index contributed by atoms with van der Waals surface area (Å²) in [4.78, 5) is 12.7. The maximum atomic E-state index is 4.42. The van der Waals surface area contributed by atoms with Crippen LogP contribution in [0.5, 0.6) is 0 Å². The lowest BCUT2D eigenvalue weighted by molar-refractivity contribution is 0.974. The molecular formula is C13H16N4. The van der Waals surface area contributed by atoms with Crippen molar-refractivity contribution in [3.05, 3.63) is 47.7 Å². The van der Waals surface area contributed by atoms with E-state index in [-0.39, 0.29) is 0 Å². The van der Waals surface area contributed by atoms with Gasteiger partial charge in [0.25, 0.3) is 0 Å². The summed E-state index contributed by atoms with van der Waals surface area (Å²) in [6.07, 6.45) is 6.35. The fourth-order valence-electron chi connectivity index (χ4n) is 1.51. The second-order valence-corrected chi connectivity index (χ2v) is 3.96. The van der Waals surface area contributed by atoms with Crippen molar-refractivity contribution < 1.29 is 0 Å². The van der Waals surface area contributed by atoms with E-state index in [1.54, 1.807) is 6.20 Å². The van der Waals surface area contributed by atoms with Crippen LogP contribution in [0.1, 0.15) is 17.0 Å². The van der Waals surface area contributed by atoms with Crippen LogP contribution >= 0.6 is 0 Å². The highest BCUT2D eigenvalue weighted by Gasteiger charge is 1.98. The van der Waals surface area contributed by atoms with Gasteiger partial charge >= 0.3 is 0 Å². The predicted octanol–water partition coefficient (Wildman–Crippen LogP) is 2.14. The van der Waals surface area contributed by atoms with E-state index in [2.05, 4.69) is 20.3 Å². The van der Waals surface area contributed by atoms with E-state index >= 15 is 0 Å². The van der Waals surface area contributed by atoms with Crippen LogP contribution in [0.2, 0.25) is 0 Å². The van der Waals surface area contributed by atoms with Crippen molar-refractivity contribution in [2.45, 2.75) is 20.3 Å². The molecule has 0 atom stereocenters. The molecule has 88 valence electrons. The molecule has 0 unspecified atom stereocenters. The molecule has 2 aromatic rings. The number of nitrogens with one attached hydrogen (secondary N) is 1. The number of hydrogen-bond donors (Lipinski definition) is 1. The highest BCUT2D eigenvalue weighted by atomic mass is 15.0. The van der Waals surface area contributed by atoms with Gasteiger partial charge in [-0.2, -0.15) is 0 Å². The zero-order valence-corrected chi connectivity index (χ0v) is 10.1. The van der Waals surface area contributed by atoms with Gasteiger partial charge in [-0.3, -0.25) is 9.97 Å². The lowest BCUT2D eigenvalue weighted by Gasteiger charge is -2.06. The van der Waals surface area contributed by atoms with Gasteiger partial charge in [-0.25, -0.2) is 4.98 Å². The first kappa shape index (κ1) is 11.5. The smallest absolute Gasteiger partial charge is 0.144 e. The minimum atomic E-state index is 0.835. The molecule has 0 saturated heterocycles. The summed E-state index contributed by atoms with van der Waals surface area (Å²) < 4.78 is 0. The Hall–Kier alpha value is -1.97. The highest BCUT2D eigenvalue weighted by Crippen LogP contribution is 2.06. The summed E-state index contributed by atoms with van der Waals surface area (Å²) in [5.74, 6) is 0.835. The van der Waals surface area contributed by atoms with E-state index in [4.69, 9.17) is 0 Å². The molecule has 17 heavy (non-hydrogen) atoms. The molecule has 0 radical (unpaired) electrons. The zero-order valence-electron chi connectivity index (χ0n) is 10.1. The number of anilines is 1. The van der Waals surface area contributed by atoms with E-state index < -0.39 is 0 Å². The maximum absolute atomic E-state index is 4.42. The molecule has 0 amide bonds. The third-order valence-corrected chi connectivity index (χ3v) is 2.66. The molecular weight excluding hydrogens is 212 g/mol. The lowest BCUT2D eigenvalue weighted by atomic mass is 10.2. The average Bonchev–Trinajstić information content (AvgIpc) is 2.35. The van der Waals surface area contributed by atoms with Gasteiger partial charge in [0.2, 0.25) is 0 Å². The van der Waals surface area contributed by atoms with Gasteiger partial charge in [0, 0.05) is 18.9 Å². The molecule has 0 aliphatic heterocycles. The van der Waals surface area contributed by atoms with Gasteiger partial charge < -0.3 is 5.32 Å². The van der Waals surface area contributed by atoms with Crippen molar-refractivity contribution in [3.8, 4) is 0 Å². The highest BCUT2D eigenvalue weighted by molar-refractivity contribution is 5.33. The van der Waals surface area contributed by atoms with Crippen molar-refractivity contribution in [2.24, 2.45) is 0 Å². The molecule has 2 heterocycles. The Kier molecular flexibility index (Phi) is 3.65. The third-order valence-electron chi connectivity index (χ3n) is 2.66. The number of hydrogen-bond acceptors (Lipinski definition) is 4. The summed E-state index contributed by atoms with van der Waals surface area (Å²) in [6, 6.07) is 4.04. The van der Waals surface area contributed by atoms with Crippen molar-refractivity contribution in [1.82, 2.24) is 15.0 Å². The summed E-state index contributed by atoms with van der Waals surface area (Å²) >= 11 is 0. The molecule has 0 bridgehead atoms. The molecule has 0 fully saturated rings. The minimum absolute atomic E-state index is 0.835. The van der Waals surface area contributed by atoms with Crippen LogP contribution in [-0.2, 0) is 6.42 Å². The van der Waals surface area contributed by atoms with Crippen LogP contribution in [0.4, 0.5) is 5.82 Å². The minimum Gasteiger partial charge on any atom is -0.368 e. The Morgan fingerprint density at radius 1 is 1.12 bits per heavy atom. The lowest BCUT2D eigenvalue weighted by Crippen LogP contribution is -2.07. The molecule has 0 aliphatic rings. The molecule has 4 heteroatoms. The maximum Gasteiger partial charge on any atom is 0.144 e. The van der Waals surface area contributed by atoms with Crippen LogP contribution in [0.15, 0.2) is 30.7 Å². The molecule has 0 aromatic carbocycles. The SMILES string of the molecule is Cc1ncc(NCCc2ccncc2)nc1C. The standard InChI is InChI=1S/C13H16N4/c1-10-11(2)17-13(9-16-10)15-8-5-12-3-6-14-7-4-12/h3-4,6-7,9H,5,8H2,1-2H3,(H,15,17). The zero-order chi connectivity index (χ0) is 12.1. The van der Waals surface area contributed by atoms with Crippen molar-refractivity contribution in [1.29, 1.82) is 0 Å². The number of aryl methyl sites for hydroxylation is 2. The number of nitrogens with zero attached hydrogens (tertiary/aromatic N) is 3. The van der Waals surface area contributed by atoms with Crippen molar-refractivity contribution in [3.63, 3.8) is 0 Å². The fraction of sp³-hybridized carbons (Fsp3) is 0.308. The Balaban J connectivity index is 1.88. The largest absolute Gasteiger partial charge is 0.368 e. The Morgan fingerprint density at radius 3 is 2.59 bits per heavy atom. The number of aromatic nitrogens is 3. The number of rotatable bonds is 4. The van der Waals surface area contributed by atoms with Gasteiger partial charge in [-0.05, 0) is 38.0 Å². The summed E-state index contributed by atoms with van der Waals surface area (Å²) in [7, 11) is 0. The Morgan fingerprint density at radius 2 is 1.88 bits per heavy atom. The summed E-state index contributed by atoms with van der Waals surface area (Å²) in [5, 5.41) is 3.27.